The van der Waals surface area contributed by atoms with Crippen LogP contribution in [0.25, 0.3) is 11.0 Å². The van der Waals surface area contributed by atoms with Gasteiger partial charge in [-0.15, -0.1) is 0 Å². The fourth-order valence-corrected chi connectivity index (χ4v) is 4.00. The molecule has 0 saturated carbocycles. The van der Waals surface area contributed by atoms with Crippen LogP contribution in [0.2, 0.25) is 0 Å². The van der Waals surface area contributed by atoms with Crippen LogP contribution in [-0.4, -0.2) is 52.0 Å². The standard InChI is InChI=1S/C24H28N2O5/c1-28-19-5-3-17(4-6-19)22(26-9-11-30-12-10-26)16-25-15-18-13-24(27)31-23-14-20(29-2)7-8-21(18)23/h3-8,13-14,22,25H,9-12,15-16H2,1-2H3/t22-/m1/s1. The molecule has 164 valence electrons. The zero-order valence-electron chi connectivity index (χ0n) is 17.9. The summed E-state index contributed by atoms with van der Waals surface area (Å²) in [5.41, 5.74) is 2.29. The molecule has 0 unspecified atom stereocenters. The van der Waals surface area contributed by atoms with E-state index < -0.39 is 0 Å². The first-order valence-electron chi connectivity index (χ1n) is 10.4. The van der Waals surface area contributed by atoms with Gasteiger partial charge in [-0.05, 0) is 35.4 Å². The molecule has 1 aliphatic heterocycles. The van der Waals surface area contributed by atoms with E-state index in [1.807, 2.05) is 24.3 Å². The summed E-state index contributed by atoms with van der Waals surface area (Å²) in [5, 5.41) is 4.45. The second-order valence-corrected chi connectivity index (χ2v) is 7.52. The number of morpholine rings is 1. The van der Waals surface area contributed by atoms with Crippen LogP contribution in [0.1, 0.15) is 17.2 Å². The first-order valence-corrected chi connectivity index (χ1v) is 10.4. The van der Waals surface area contributed by atoms with Crippen molar-refractivity contribution in [3.8, 4) is 11.5 Å². The van der Waals surface area contributed by atoms with Crippen LogP contribution in [0.4, 0.5) is 0 Å². The summed E-state index contributed by atoms with van der Waals surface area (Å²) in [6, 6.07) is 15.5. The average molecular weight is 424 g/mol. The van der Waals surface area contributed by atoms with Gasteiger partial charge in [-0.1, -0.05) is 12.1 Å². The van der Waals surface area contributed by atoms with Crippen molar-refractivity contribution in [1.29, 1.82) is 0 Å². The molecular formula is C24H28N2O5. The number of rotatable bonds is 8. The Bertz CT molecular complexity index is 1060. The number of nitrogens with one attached hydrogen (secondary N) is 1. The maximum absolute atomic E-state index is 12.1. The van der Waals surface area contributed by atoms with Gasteiger partial charge in [0.2, 0.25) is 0 Å². The van der Waals surface area contributed by atoms with E-state index in [4.69, 9.17) is 18.6 Å². The van der Waals surface area contributed by atoms with E-state index in [-0.39, 0.29) is 11.7 Å². The molecule has 4 rings (SSSR count). The molecule has 1 atom stereocenters. The second kappa shape index (κ2) is 9.96. The molecule has 1 N–H and O–H groups in total. The highest BCUT2D eigenvalue weighted by Gasteiger charge is 2.22. The third kappa shape index (κ3) is 5.07. The van der Waals surface area contributed by atoms with Gasteiger partial charge in [0, 0.05) is 49.7 Å². The Morgan fingerprint density at radius 3 is 2.42 bits per heavy atom. The zero-order chi connectivity index (χ0) is 21.6. The van der Waals surface area contributed by atoms with Crippen LogP contribution in [0, 0.1) is 0 Å². The molecule has 1 fully saturated rings. The minimum absolute atomic E-state index is 0.196. The Kier molecular flexibility index (Phi) is 6.86. The molecule has 0 amide bonds. The van der Waals surface area contributed by atoms with E-state index >= 15 is 0 Å². The van der Waals surface area contributed by atoms with Gasteiger partial charge in [0.25, 0.3) is 0 Å². The highest BCUT2D eigenvalue weighted by atomic mass is 16.5. The third-order valence-electron chi connectivity index (χ3n) is 5.68. The lowest BCUT2D eigenvalue weighted by molar-refractivity contribution is 0.0161. The van der Waals surface area contributed by atoms with E-state index in [1.54, 1.807) is 26.4 Å². The predicted octanol–water partition coefficient (Wildman–Crippen LogP) is 2.97. The Balaban J connectivity index is 1.52. The quantitative estimate of drug-likeness (QED) is 0.558. The van der Waals surface area contributed by atoms with Crippen molar-refractivity contribution in [2.75, 3.05) is 47.1 Å². The normalized spacial score (nSPS) is 15.7. The molecule has 1 aromatic heterocycles. The summed E-state index contributed by atoms with van der Waals surface area (Å²) in [6.07, 6.45) is 0. The Morgan fingerprint density at radius 1 is 1.00 bits per heavy atom. The number of ether oxygens (including phenoxy) is 3. The lowest BCUT2D eigenvalue weighted by atomic mass is 10.0. The minimum atomic E-state index is -0.363. The fourth-order valence-electron chi connectivity index (χ4n) is 4.00. The molecule has 1 saturated heterocycles. The van der Waals surface area contributed by atoms with Crippen molar-refractivity contribution in [2.45, 2.75) is 12.6 Å². The van der Waals surface area contributed by atoms with Gasteiger partial charge in [-0.25, -0.2) is 4.79 Å². The van der Waals surface area contributed by atoms with Crippen LogP contribution < -0.4 is 20.4 Å². The van der Waals surface area contributed by atoms with Crippen molar-refractivity contribution in [3.05, 3.63) is 70.1 Å². The van der Waals surface area contributed by atoms with Crippen molar-refractivity contribution in [2.24, 2.45) is 0 Å². The maximum Gasteiger partial charge on any atom is 0.336 e. The summed E-state index contributed by atoms with van der Waals surface area (Å²) in [5.74, 6) is 1.50. The zero-order valence-corrected chi connectivity index (χ0v) is 17.9. The molecule has 31 heavy (non-hydrogen) atoms. The highest BCUT2D eigenvalue weighted by molar-refractivity contribution is 5.81. The van der Waals surface area contributed by atoms with Crippen molar-refractivity contribution in [3.63, 3.8) is 0 Å². The number of methoxy groups -OCH3 is 2. The van der Waals surface area contributed by atoms with Crippen molar-refractivity contribution < 1.29 is 18.6 Å². The average Bonchev–Trinajstić information content (AvgIpc) is 2.82. The van der Waals surface area contributed by atoms with Crippen LogP contribution in [0.5, 0.6) is 11.5 Å². The Labute approximate surface area is 181 Å². The molecule has 7 heteroatoms. The second-order valence-electron chi connectivity index (χ2n) is 7.52. The van der Waals surface area contributed by atoms with Crippen LogP contribution in [0.15, 0.2) is 57.7 Å². The van der Waals surface area contributed by atoms with Gasteiger partial charge in [-0.3, -0.25) is 4.90 Å². The molecule has 0 bridgehead atoms. The van der Waals surface area contributed by atoms with E-state index in [9.17, 15) is 4.79 Å². The predicted molar refractivity (Wildman–Crippen MR) is 119 cm³/mol. The summed E-state index contributed by atoms with van der Waals surface area (Å²) in [4.78, 5) is 14.5. The summed E-state index contributed by atoms with van der Waals surface area (Å²) in [7, 11) is 3.27. The molecular weight excluding hydrogens is 396 g/mol. The molecule has 0 radical (unpaired) electrons. The van der Waals surface area contributed by atoms with E-state index in [2.05, 4.69) is 22.3 Å². The molecule has 0 aliphatic carbocycles. The Hall–Kier alpha value is -2.87. The molecule has 3 aromatic rings. The number of hydrogen-bond acceptors (Lipinski definition) is 7. The van der Waals surface area contributed by atoms with Crippen molar-refractivity contribution >= 4 is 11.0 Å². The topological polar surface area (TPSA) is 73.2 Å². The third-order valence-corrected chi connectivity index (χ3v) is 5.68. The summed E-state index contributed by atoms with van der Waals surface area (Å²) >= 11 is 0. The van der Waals surface area contributed by atoms with Crippen LogP contribution >= 0.6 is 0 Å². The van der Waals surface area contributed by atoms with Gasteiger partial charge in [0.05, 0.1) is 27.4 Å². The van der Waals surface area contributed by atoms with E-state index in [1.165, 1.54) is 5.56 Å². The number of fused-ring (bicyclic) bond motifs is 1. The monoisotopic (exact) mass is 424 g/mol. The highest BCUT2D eigenvalue weighted by Crippen LogP contribution is 2.25. The van der Waals surface area contributed by atoms with Crippen molar-refractivity contribution in [1.82, 2.24) is 10.2 Å². The number of benzene rings is 2. The van der Waals surface area contributed by atoms with Gasteiger partial charge >= 0.3 is 5.63 Å². The van der Waals surface area contributed by atoms with E-state index in [0.717, 1.165) is 49.5 Å². The minimum Gasteiger partial charge on any atom is -0.497 e. The number of hydrogen-bond donors (Lipinski definition) is 1. The molecule has 1 aliphatic rings. The molecule has 7 nitrogen and oxygen atoms in total. The first kappa shape index (κ1) is 21.4. The van der Waals surface area contributed by atoms with Gasteiger partial charge in [0.15, 0.2) is 0 Å². The molecule has 0 spiro atoms. The summed E-state index contributed by atoms with van der Waals surface area (Å²) < 4.78 is 21.5. The lowest BCUT2D eigenvalue weighted by Crippen LogP contribution is -2.42. The fraction of sp³-hybridized carbons (Fsp3) is 0.375. The SMILES string of the molecule is COc1ccc([C@@H](CNCc2cc(=O)oc3cc(OC)ccc23)N2CCOCC2)cc1. The number of nitrogens with zero attached hydrogens (tertiary/aromatic N) is 1. The van der Waals surface area contributed by atoms with E-state index in [0.29, 0.717) is 17.9 Å². The Morgan fingerprint density at radius 2 is 1.71 bits per heavy atom. The van der Waals surface area contributed by atoms with Gasteiger partial charge in [-0.2, -0.15) is 0 Å². The first-order chi connectivity index (χ1) is 15.2. The van der Waals surface area contributed by atoms with Gasteiger partial charge < -0.3 is 23.9 Å². The molecule has 2 aromatic carbocycles. The largest absolute Gasteiger partial charge is 0.497 e. The molecule has 2 heterocycles. The van der Waals surface area contributed by atoms with Gasteiger partial charge in [0.1, 0.15) is 17.1 Å². The maximum atomic E-state index is 12.1. The van der Waals surface area contributed by atoms with Crippen LogP contribution in [0.3, 0.4) is 0 Å². The lowest BCUT2D eigenvalue weighted by Gasteiger charge is -2.35. The van der Waals surface area contributed by atoms with Crippen LogP contribution in [-0.2, 0) is 11.3 Å². The smallest absolute Gasteiger partial charge is 0.336 e. The summed E-state index contributed by atoms with van der Waals surface area (Å²) in [6.45, 7) is 4.54.